The largest absolute Gasteiger partial charge is 0.489 e. The van der Waals surface area contributed by atoms with Crippen LogP contribution in [0.15, 0.2) is 49.2 Å². The smallest absolute Gasteiger partial charge is 0.433 e. The molecule has 1 aromatic carbocycles. The van der Waals surface area contributed by atoms with E-state index in [0.29, 0.717) is 24.4 Å². The fourth-order valence-electron chi connectivity index (χ4n) is 2.78. The fraction of sp³-hybridized carbons (Fsp3) is 0.263. The maximum absolute atomic E-state index is 12.5. The van der Waals surface area contributed by atoms with E-state index in [2.05, 4.69) is 11.6 Å². The number of ether oxygens (including phenoxy) is 1. The second-order valence-electron chi connectivity index (χ2n) is 5.98. The van der Waals surface area contributed by atoms with Crippen molar-refractivity contribution in [1.29, 1.82) is 0 Å². The van der Waals surface area contributed by atoms with Crippen LogP contribution < -0.4 is 4.74 Å². The molecule has 0 atom stereocenters. The summed E-state index contributed by atoms with van der Waals surface area (Å²) >= 11 is 0. The molecule has 1 aliphatic rings. The first-order valence-electron chi connectivity index (χ1n) is 8.05. The van der Waals surface area contributed by atoms with E-state index in [1.165, 1.54) is 12.1 Å². The quantitative estimate of drug-likeness (QED) is 0.778. The highest BCUT2D eigenvalue weighted by atomic mass is 19.4. The molecule has 136 valence electrons. The number of halogens is 3. The first-order chi connectivity index (χ1) is 12.4. The maximum Gasteiger partial charge on any atom is 0.433 e. The number of hydrogen-bond acceptors (Lipinski definition) is 3. The summed E-state index contributed by atoms with van der Waals surface area (Å²) in [5, 5.41) is 0. The van der Waals surface area contributed by atoms with Gasteiger partial charge in [0, 0.05) is 24.8 Å². The van der Waals surface area contributed by atoms with Gasteiger partial charge < -0.3 is 9.64 Å². The molecule has 0 N–H and O–H groups in total. The van der Waals surface area contributed by atoms with E-state index >= 15 is 0 Å². The van der Waals surface area contributed by atoms with Gasteiger partial charge in [-0.2, -0.15) is 13.2 Å². The first-order valence-corrected chi connectivity index (χ1v) is 8.05. The van der Waals surface area contributed by atoms with Crippen molar-refractivity contribution in [3.05, 3.63) is 71.6 Å². The van der Waals surface area contributed by atoms with Gasteiger partial charge in [-0.3, -0.25) is 9.78 Å². The van der Waals surface area contributed by atoms with Gasteiger partial charge in [-0.05, 0) is 41.8 Å². The van der Waals surface area contributed by atoms with Crippen molar-refractivity contribution in [3.63, 3.8) is 0 Å². The van der Waals surface area contributed by atoms with Crippen LogP contribution in [0.3, 0.4) is 0 Å². The summed E-state index contributed by atoms with van der Waals surface area (Å²) in [6, 6.07) is 7.91. The molecule has 7 heteroatoms. The van der Waals surface area contributed by atoms with Gasteiger partial charge in [-0.25, -0.2) is 0 Å². The first kappa shape index (κ1) is 18.0. The summed E-state index contributed by atoms with van der Waals surface area (Å²) in [5.74, 6) is 0.481. The summed E-state index contributed by atoms with van der Waals surface area (Å²) in [7, 11) is 0. The van der Waals surface area contributed by atoms with Gasteiger partial charge in [-0.15, -0.1) is 0 Å². The number of aromatic nitrogens is 1. The van der Waals surface area contributed by atoms with Gasteiger partial charge in [0.25, 0.3) is 0 Å². The minimum Gasteiger partial charge on any atom is -0.489 e. The molecule has 3 rings (SSSR count). The number of carbonyl (C=O) groups is 1. The van der Waals surface area contributed by atoms with Gasteiger partial charge in [0.2, 0.25) is 5.91 Å². The predicted octanol–water partition coefficient (Wildman–Crippen LogP) is 3.75. The molecule has 0 saturated heterocycles. The highest BCUT2D eigenvalue weighted by molar-refractivity contribution is 5.87. The number of benzene rings is 1. The Morgan fingerprint density at radius 3 is 2.73 bits per heavy atom. The van der Waals surface area contributed by atoms with E-state index in [1.54, 1.807) is 4.90 Å². The average molecular weight is 362 g/mol. The number of alkyl halides is 3. The molecule has 26 heavy (non-hydrogen) atoms. The molecular weight excluding hydrogens is 345 g/mol. The molecule has 2 heterocycles. The van der Waals surface area contributed by atoms with Crippen LogP contribution in [-0.2, 0) is 30.5 Å². The molecule has 0 aliphatic carbocycles. The fourth-order valence-corrected chi connectivity index (χ4v) is 2.78. The second kappa shape index (κ2) is 7.19. The Kier molecular flexibility index (Phi) is 4.97. The zero-order chi connectivity index (χ0) is 18.7. The van der Waals surface area contributed by atoms with E-state index < -0.39 is 11.9 Å². The highest BCUT2D eigenvalue weighted by Gasteiger charge is 2.32. The minimum absolute atomic E-state index is 0.110. The summed E-state index contributed by atoms with van der Waals surface area (Å²) in [5.41, 5.74) is 1.76. The SMILES string of the molecule is C=CC(=O)N1CCc2ccc(OCc3ccc(C(F)(F)F)nc3)cc2C1. The van der Waals surface area contributed by atoms with Gasteiger partial charge in [-0.1, -0.05) is 18.7 Å². The van der Waals surface area contributed by atoms with Gasteiger partial charge in [0.05, 0.1) is 0 Å². The minimum atomic E-state index is -4.45. The summed E-state index contributed by atoms with van der Waals surface area (Å²) in [6.45, 7) is 4.75. The topological polar surface area (TPSA) is 42.4 Å². The number of fused-ring (bicyclic) bond motifs is 1. The van der Waals surface area contributed by atoms with Crippen LogP contribution in [0.25, 0.3) is 0 Å². The van der Waals surface area contributed by atoms with Crippen LogP contribution in [0.2, 0.25) is 0 Å². The van der Waals surface area contributed by atoms with E-state index in [1.807, 2.05) is 18.2 Å². The number of hydrogen-bond donors (Lipinski definition) is 0. The standard InChI is InChI=1S/C19H17F3N2O2/c1-2-18(25)24-8-7-14-4-5-16(9-15(14)11-24)26-12-13-3-6-17(23-10-13)19(20,21)22/h2-6,9-10H,1,7-8,11-12H2. The van der Waals surface area contributed by atoms with Crippen molar-refractivity contribution in [2.24, 2.45) is 0 Å². The normalized spacial score (nSPS) is 13.9. The molecule has 0 unspecified atom stereocenters. The molecule has 0 saturated carbocycles. The van der Waals surface area contributed by atoms with Crippen LogP contribution in [0.5, 0.6) is 5.75 Å². The lowest BCUT2D eigenvalue weighted by atomic mass is 9.99. The lowest BCUT2D eigenvalue weighted by Gasteiger charge is -2.28. The van der Waals surface area contributed by atoms with Crippen LogP contribution in [0.1, 0.15) is 22.4 Å². The molecule has 1 amide bonds. The maximum atomic E-state index is 12.5. The number of amides is 1. The van der Waals surface area contributed by atoms with Crippen molar-refractivity contribution in [2.45, 2.75) is 25.7 Å². The summed E-state index contributed by atoms with van der Waals surface area (Å²) < 4.78 is 43.2. The Morgan fingerprint density at radius 1 is 1.27 bits per heavy atom. The highest BCUT2D eigenvalue weighted by Crippen LogP contribution is 2.28. The zero-order valence-corrected chi connectivity index (χ0v) is 13.9. The Bertz CT molecular complexity index is 817. The van der Waals surface area contributed by atoms with Crippen molar-refractivity contribution >= 4 is 5.91 Å². The van der Waals surface area contributed by atoms with Crippen molar-refractivity contribution < 1.29 is 22.7 Å². The third-order valence-electron chi connectivity index (χ3n) is 4.20. The van der Waals surface area contributed by atoms with Crippen LogP contribution >= 0.6 is 0 Å². The van der Waals surface area contributed by atoms with Gasteiger partial charge in [0.1, 0.15) is 18.1 Å². The van der Waals surface area contributed by atoms with Crippen molar-refractivity contribution in [3.8, 4) is 5.75 Å². The van der Waals surface area contributed by atoms with E-state index in [-0.39, 0.29) is 12.5 Å². The Hall–Kier alpha value is -2.83. The number of pyridine rings is 1. The molecule has 0 fully saturated rings. The van der Waals surface area contributed by atoms with Crippen LogP contribution in [-0.4, -0.2) is 22.3 Å². The van der Waals surface area contributed by atoms with Crippen molar-refractivity contribution in [2.75, 3.05) is 6.54 Å². The Labute approximate surface area is 148 Å². The summed E-state index contributed by atoms with van der Waals surface area (Å²) in [4.78, 5) is 16.9. The molecule has 1 aliphatic heterocycles. The second-order valence-corrected chi connectivity index (χ2v) is 5.98. The third-order valence-corrected chi connectivity index (χ3v) is 4.20. The van der Waals surface area contributed by atoms with E-state index in [4.69, 9.17) is 4.74 Å². The zero-order valence-electron chi connectivity index (χ0n) is 13.9. The van der Waals surface area contributed by atoms with E-state index in [9.17, 15) is 18.0 Å². The summed E-state index contributed by atoms with van der Waals surface area (Å²) in [6.07, 6.45) is -1.24. The molecule has 0 spiro atoms. The third kappa shape index (κ3) is 4.04. The molecule has 2 aromatic rings. The number of carbonyl (C=O) groups excluding carboxylic acids is 1. The average Bonchev–Trinajstić information content (AvgIpc) is 2.64. The molecule has 0 radical (unpaired) electrons. The molecule has 1 aromatic heterocycles. The van der Waals surface area contributed by atoms with E-state index in [0.717, 1.165) is 29.8 Å². The van der Waals surface area contributed by atoms with Gasteiger partial charge >= 0.3 is 6.18 Å². The molecule has 0 bridgehead atoms. The predicted molar refractivity (Wildman–Crippen MR) is 89.3 cm³/mol. The monoisotopic (exact) mass is 362 g/mol. The van der Waals surface area contributed by atoms with Crippen molar-refractivity contribution in [1.82, 2.24) is 9.88 Å². The van der Waals surface area contributed by atoms with Crippen LogP contribution in [0.4, 0.5) is 13.2 Å². The molecular formula is C19H17F3N2O2. The Morgan fingerprint density at radius 2 is 2.08 bits per heavy atom. The van der Waals surface area contributed by atoms with Gasteiger partial charge in [0.15, 0.2) is 0 Å². The number of nitrogens with zero attached hydrogens (tertiary/aromatic N) is 2. The number of rotatable bonds is 4. The lowest BCUT2D eigenvalue weighted by molar-refractivity contribution is -0.141. The molecule has 4 nitrogen and oxygen atoms in total. The lowest BCUT2D eigenvalue weighted by Crippen LogP contribution is -2.34. The van der Waals surface area contributed by atoms with Crippen LogP contribution in [0, 0.1) is 0 Å². The Balaban J connectivity index is 1.66.